The summed E-state index contributed by atoms with van der Waals surface area (Å²) in [7, 11) is 0. The summed E-state index contributed by atoms with van der Waals surface area (Å²) in [5, 5.41) is 21.9. The number of nitrogens with zero attached hydrogens (tertiary/aromatic N) is 1. The molecule has 1 aliphatic rings. The Morgan fingerprint density at radius 3 is 2.60 bits per heavy atom. The Labute approximate surface area is 87.8 Å². The molecule has 0 aliphatic heterocycles. The highest BCUT2D eigenvalue weighted by Gasteiger charge is 2.24. The molecule has 1 rings (SSSR count). The molecule has 1 fully saturated rings. The van der Waals surface area contributed by atoms with Crippen molar-refractivity contribution in [2.75, 3.05) is 6.54 Å². The van der Waals surface area contributed by atoms with E-state index < -0.39 is 23.5 Å². The number of aliphatic hydroxyl groups excluding tert-OH is 1. The molecule has 0 heterocycles. The monoisotopic (exact) mass is 216 g/mol. The summed E-state index contributed by atoms with van der Waals surface area (Å²) in [5.74, 6) is -0.626. The molecule has 0 aromatic rings. The van der Waals surface area contributed by atoms with Gasteiger partial charge in [0.15, 0.2) is 6.10 Å². The summed E-state index contributed by atoms with van der Waals surface area (Å²) in [6.07, 6.45) is 3.58. The fourth-order valence-electron chi connectivity index (χ4n) is 1.77. The highest BCUT2D eigenvalue weighted by atomic mass is 16.6. The molecule has 6 nitrogen and oxygen atoms in total. The largest absolute Gasteiger partial charge is 0.377 e. The summed E-state index contributed by atoms with van der Waals surface area (Å²) >= 11 is 0. The van der Waals surface area contributed by atoms with Gasteiger partial charge in [0, 0.05) is 11.0 Å². The average molecular weight is 216 g/mol. The van der Waals surface area contributed by atoms with Gasteiger partial charge in [0.2, 0.25) is 6.54 Å². The van der Waals surface area contributed by atoms with Crippen LogP contribution < -0.4 is 5.32 Å². The van der Waals surface area contributed by atoms with Crippen LogP contribution in [0.4, 0.5) is 0 Å². The van der Waals surface area contributed by atoms with Crippen molar-refractivity contribution in [1.29, 1.82) is 0 Å². The molecule has 0 saturated heterocycles. The molecule has 2 N–H and O–H groups in total. The molecule has 0 aromatic carbocycles. The molecule has 0 bridgehead atoms. The first-order valence-electron chi connectivity index (χ1n) is 5.20. The van der Waals surface area contributed by atoms with Crippen LogP contribution in [0.2, 0.25) is 0 Å². The van der Waals surface area contributed by atoms with Crippen molar-refractivity contribution in [3.8, 4) is 0 Å². The third-order valence-corrected chi connectivity index (χ3v) is 2.58. The van der Waals surface area contributed by atoms with E-state index in [1.165, 1.54) is 6.42 Å². The number of rotatable bonds is 4. The van der Waals surface area contributed by atoms with Gasteiger partial charge in [-0.2, -0.15) is 0 Å². The molecular weight excluding hydrogens is 200 g/mol. The fourth-order valence-corrected chi connectivity index (χ4v) is 1.77. The van der Waals surface area contributed by atoms with Crippen LogP contribution in [0.5, 0.6) is 0 Å². The molecular formula is C9H16N2O4. The van der Waals surface area contributed by atoms with Crippen molar-refractivity contribution in [1.82, 2.24) is 5.32 Å². The zero-order chi connectivity index (χ0) is 11.3. The van der Waals surface area contributed by atoms with Gasteiger partial charge in [-0.05, 0) is 12.8 Å². The Kier molecular flexibility index (Phi) is 4.48. The maximum Gasteiger partial charge on any atom is 0.255 e. The lowest BCUT2D eigenvalue weighted by Crippen LogP contribution is -2.44. The quantitative estimate of drug-likeness (QED) is 0.514. The van der Waals surface area contributed by atoms with Gasteiger partial charge in [-0.25, -0.2) is 0 Å². The SMILES string of the molecule is O=C(NC1CCCCC1)C(O)C[N+](=O)[O-]. The summed E-state index contributed by atoms with van der Waals surface area (Å²) in [4.78, 5) is 20.7. The number of carbonyl (C=O) groups is 1. The lowest BCUT2D eigenvalue weighted by Gasteiger charge is -2.23. The number of carbonyl (C=O) groups excluding carboxylic acids is 1. The zero-order valence-corrected chi connectivity index (χ0v) is 8.52. The van der Waals surface area contributed by atoms with Crippen LogP contribution >= 0.6 is 0 Å². The second-order valence-corrected chi connectivity index (χ2v) is 3.87. The van der Waals surface area contributed by atoms with E-state index in [9.17, 15) is 14.9 Å². The summed E-state index contributed by atoms with van der Waals surface area (Å²) < 4.78 is 0. The average Bonchev–Trinajstić information content (AvgIpc) is 2.18. The molecule has 1 unspecified atom stereocenters. The maximum absolute atomic E-state index is 11.3. The predicted octanol–water partition coefficient (Wildman–Crippen LogP) is 0.0729. The lowest BCUT2D eigenvalue weighted by atomic mass is 9.95. The third-order valence-electron chi connectivity index (χ3n) is 2.58. The van der Waals surface area contributed by atoms with Crippen LogP contribution in [0, 0.1) is 10.1 Å². The van der Waals surface area contributed by atoms with Crippen LogP contribution in [0.25, 0.3) is 0 Å². The van der Waals surface area contributed by atoms with Gasteiger partial charge in [0.25, 0.3) is 5.91 Å². The molecule has 0 radical (unpaired) electrons. The topological polar surface area (TPSA) is 92.5 Å². The Morgan fingerprint density at radius 1 is 1.47 bits per heavy atom. The molecule has 6 heteroatoms. The first kappa shape index (κ1) is 11.9. The first-order chi connectivity index (χ1) is 7.09. The van der Waals surface area contributed by atoms with Crippen molar-refractivity contribution in [3.63, 3.8) is 0 Å². The Hall–Kier alpha value is -1.17. The first-order valence-corrected chi connectivity index (χ1v) is 5.20. The number of amides is 1. The van der Waals surface area contributed by atoms with E-state index in [0.29, 0.717) is 0 Å². The number of hydrogen-bond acceptors (Lipinski definition) is 4. The van der Waals surface area contributed by atoms with Gasteiger partial charge in [0.05, 0.1) is 0 Å². The van der Waals surface area contributed by atoms with E-state index in [4.69, 9.17) is 5.11 Å². The van der Waals surface area contributed by atoms with Gasteiger partial charge in [-0.15, -0.1) is 0 Å². The van der Waals surface area contributed by atoms with Gasteiger partial charge < -0.3 is 10.4 Å². The minimum absolute atomic E-state index is 0.0765. The van der Waals surface area contributed by atoms with Crippen molar-refractivity contribution in [2.24, 2.45) is 0 Å². The maximum atomic E-state index is 11.3. The molecule has 0 spiro atoms. The van der Waals surface area contributed by atoms with E-state index in [-0.39, 0.29) is 6.04 Å². The van der Waals surface area contributed by atoms with Crippen molar-refractivity contribution in [3.05, 3.63) is 10.1 Å². The van der Waals surface area contributed by atoms with Crippen LogP contribution in [0.3, 0.4) is 0 Å². The van der Waals surface area contributed by atoms with E-state index in [1.54, 1.807) is 0 Å². The lowest BCUT2D eigenvalue weighted by molar-refractivity contribution is -0.487. The number of nitrogens with one attached hydrogen (secondary N) is 1. The molecule has 1 saturated carbocycles. The standard InChI is InChI=1S/C9H16N2O4/c12-8(6-11(14)15)9(13)10-7-4-2-1-3-5-7/h7-8,12H,1-6H2,(H,10,13). The molecule has 86 valence electrons. The number of hydrogen-bond donors (Lipinski definition) is 2. The normalized spacial score (nSPS) is 19.5. The van der Waals surface area contributed by atoms with Crippen molar-refractivity contribution < 1.29 is 14.8 Å². The van der Waals surface area contributed by atoms with E-state index >= 15 is 0 Å². The van der Waals surface area contributed by atoms with Crippen LogP contribution in [0.15, 0.2) is 0 Å². The zero-order valence-electron chi connectivity index (χ0n) is 8.52. The second kappa shape index (κ2) is 5.65. The molecule has 0 aromatic heterocycles. The predicted molar refractivity (Wildman–Crippen MR) is 52.9 cm³/mol. The summed E-state index contributed by atoms with van der Waals surface area (Å²) in [6, 6.07) is 0.0765. The highest BCUT2D eigenvalue weighted by molar-refractivity contribution is 5.80. The van der Waals surface area contributed by atoms with Gasteiger partial charge >= 0.3 is 0 Å². The minimum atomic E-state index is -1.53. The molecule has 15 heavy (non-hydrogen) atoms. The highest BCUT2D eigenvalue weighted by Crippen LogP contribution is 2.17. The van der Waals surface area contributed by atoms with Crippen molar-refractivity contribution in [2.45, 2.75) is 44.2 Å². The van der Waals surface area contributed by atoms with Gasteiger partial charge in [-0.1, -0.05) is 19.3 Å². The Morgan fingerprint density at radius 2 is 2.07 bits per heavy atom. The number of aliphatic hydroxyl groups is 1. The van der Waals surface area contributed by atoms with E-state index in [2.05, 4.69) is 5.32 Å². The summed E-state index contributed by atoms with van der Waals surface area (Å²) in [5.41, 5.74) is 0. The Balaban J connectivity index is 2.30. The van der Waals surface area contributed by atoms with E-state index in [1.807, 2.05) is 0 Å². The fraction of sp³-hybridized carbons (Fsp3) is 0.889. The Bertz CT molecular complexity index is 238. The molecule has 1 atom stereocenters. The van der Waals surface area contributed by atoms with E-state index in [0.717, 1.165) is 25.7 Å². The van der Waals surface area contributed by atoms with Gasteiger partial charge in [0.1, 0.15) is 0 Å². The van der Waals surface area contributed by atoms with Crippen LogP contribution in [0.1, 0.15) is 32.1 Å². The smallest absolute Gasteiger partial charge is 0.255 e. The van der Waals surface area contributed by atoms with Crippen molar-refractivity contribution >= 4 is 5.91 Å². The van der Waals surface area contributed by atoms with Gasteiger partial charge in [-0.3, -0.25) is 14.9 Å². The van der Waals surface area contributed by atoms with Crippen LogP contribution in [-0.2, 0) is 4.79 Å². The molecule has 1 amide bonds. The number of nitro groups is 1. The molecule has 1 aliphatic carbocycles. The minimum Gasteiger partial charge on any atom is -0.377 e. The summed E-state index contributed by atoms with van der Waals surface area (Å²) in [6.45, 7) is -0.724. The van der Waals surface area contributed by atoms with Crippen LogP contribution in [-0.4, -0.2) is 34.6 Å². The third kappa shape index (κ3) is 4.24. The second-order valence-electron chi connectivity index (χ2n) is 3.87.